The zero-order valence-corrected chi connectivity index (χ0v) is 9.23. The van der Waals surface area contributed by atoms with Gasteiger partial charge in [0.15, 0.2) is 0 Å². The normalized spacial score (nSPS) is 14.8. The van der Waals surface area contributed by atoms with E-state index in [-0.39, 0.29) is 6.03 Å². The van der Waals surface area contributed by atoms with Crippen LogP contribution in [0, 0.1) is 0 Å². The zero-order valence-electron chi connectivity index (χ0n) is 9.23. The first kappa shape index (κ1) is 10.5. The Hall–Kier alpha value is -2.04. The van der Waals surface area contributed by atoms with Gasteiger partial charge >= 0.3 is 6.03 Å². The Morgan fingerprint density at radius 1 is 1.38 bits per heavy atom. The summed E-state index contributed by atoms with van der Waals surface area (Å²) in [7, 11) is 3.49. The first-order valence-corrected chi connectivity index (χ1v) is 4.95. The van der Waals surface area contributed by atoms with E-state index in [1.165, 1.54) is 0 Å². The van der Waals surface area contributed by atoms with Crippen LogP contribution in [0.5, 0.6) is 0 Å². The van der Waals surface area contributed by atoms with Crippen LogP contribution >= 0.6 is 0 Å². The van der Waals surface area contributed by atoms with Gasteiger partial charge in [-0.25, -0.2) is 4.79 Å². The number of fused-ring (bicyclic) bond motifs is 1. The van der Waals surface area contributed by atoms with Gasteiger partial charge in [-0.05, 0) is 23.8 Å². The third-order valence-corrected chi connectivity index (χ3v) is 2.69. The van der Waals surface area contributed by atoms with Crippen LogP contribution in [0.3, 0.4) is 0 Å². The minimum absolute atomic E-state index is 0.0244. The fourth-order valence-corrected chi connectivity index (χ4v) is 1.88. The van der Waals surface area contributed by atoms with Crippen LogP contribution in [0.2, 0.25) is 0 Å². The van der Waals surface area contributed by atoms with Crippen molar-refractivity contribution in [2.75, 3.05) is 24.3 Å². The maximum Gasteiger partial charge on any atom is 0.324 e. The Morgan fingerprint density at radius 3 is 2.81 bits per heavy atom. The van der Waals surface area contributed by atoms with Gasteiger partial charge in [-0.3, -0.25) is 9.69 Å². The molecule has 5 nitrogen and oxygen atoms in total. The van der Waals surface area contributed by atoms with Crippen molar-refractivity contribution >= 4 is 23.8 Å². The summed E-state index contributed by atoms with van der Waals surface area (Å²) >= 11 is 0. The summed E-state index contributed by atoms with van der Waals surface area (Å²) in [5.41, 5.74) is 2.65. The highest BCUT2D eigenvalue weighted by Crippen LogP contribution is 2.28. The number of hydrogen-bond donors (Lipinski definition) is 1. The fraction of sp³-hybridized carbons (Fsp3) is 0.273. The summed E-state index contributed by atoms with van der Waals surface area (Å²) < 4.78 is 0. The van der Waals surface area contributed by atoms with Crippen molar-refractivity contribution < 1.29 is 9.59 Å². The van der Waals surface area contributed by atoms with E-state index in [4.69, 9.17) is 0 Å². The minimum Gasteiger partial charge on any atom is -0.329 e. The lowest BCUT2D eigenvalue weighted by Gasteiger charge is -2.32. The predicted octanol–water partition coefficient (Wildman–Crippen LogP) is 1.26. The van der Waals surface area contributed by atoms with Crippen LogP contribution in [0.15, 0.2) is 18.2 Å². The first-order chi connectivity index (χ1) is 7.63. The number of benzene rings is 1. The molecule has 84 valence electrons. The Bertz CT molecular complexity index is 445. The number of rotatable bonds is 2. The van der Waals surface area contributed by atoms with Gasteiger partial charge in [0.25, 0.3) is 0 Å². The smallest absolute Gasteiger partial charge is 0.324 e. The third-order valence-electron chi connectivity index (χ3n) is 2.69. The Labute approximate surface area is 93.6 Å². The minimum atomic E-state index is -0.0244. The van der Waals surface area contributed by atoms with Crippen molar-refractivity contribution in [2.45, 2.75) is 6.54 Å². The lowest BCUT2D eigenvalue weighted by atomic mass is 10.1. The van der Waals surface area contributed by atoms with Crippen LogP contribution in [0.4, 0.5) is 16.2 Å². The molecule has 1 aromatic rings. The van der Waals surface area contributed by atoms with Gasteiger partial charge in [-0.15, -0.1) is 0 Å². The number of carbonyl (C=O) groups is 2. The predicted molar refractivity (Wildman–Crippen MR) is 61.4 cm³/mol. The summed E-state index contributed by atoms with van der Waals surface area (Å²) in [5, 5.41) is 2.60. The molecule has 0 fully saturated rings. The lowest BCUT2D eigenvalue weighted by molar-refractivity contribution is -0.105. The van der Waals surface area contributed by atoms with E-state index < -0.39 is 0 Å². The van der Waals surface area contributed by atoms with E-state index in [9.17, 15) is 9.59 Å². The molecule has 1 N–H and O–H groups in total. The fourth-order valence-electron chi connectivity index (χ4n) is 1.88. The molecule has 0 aromatic heterocycles. The molecule has 1 heterocycles. The molecule has 0 radical (unpaired) electrons. The average molecular weight is 219 g/mol. The summed E-state index contributed by atoms with van der Waals surface area (Å²) in [6, 6.07) is 5.47. The third kappa shape index (κ3) is 1.60. The van der Waals surface area contributed by atoms with Crippen molar-refractivity contribution in [2.24, 2.45) is 0 Å². The highest BCUT2D eigenvalue weighted by molar-refractivity contribution is 5.94. The van der Waals surface area contributed by atoms with Gasteiger partial charge in [-0.1, -0.05) is 0 Å². The molecule has 0 saturated heterocycles. The van der Waals surface area contributed by atoms with Crippen molar-refractivity contribution in [3.63, 3.8) is 0 Å². The molecule has 1 aliphatic rings. The van der Waals surface area contributed by atoms with Crippen LogP contribution in [-0.4, -0.2) is 31.4 Å². The second-order valence-electron chi connectivity index (χ2n) is 3.80. The molecular weight excluding hydrogens is 206 g/mol. The molecule has 0 atom stereocenters. The molecule has 1 aromatic carbocycles. The molecule has 0 unspecified atom stereocenters. The highest BCUT2D eigenvalue weighted by Gasteiger charge is 2.24. The standard InChI is InChI=1S/C11H13N3O2/c1-13-6-8-5-9(12-7-15)3-4-10(8)14(2)11(13)16/h3-5,7H,6H2,1-2H3,(H,12,15). The maximum atomic E-state index is 11.7. The molecule has 2 rings (SSSR count). The van der Waals surface area contributed by atoms with Gasteiger partial charge in [0.2, 0.25) is 6.41 Å². The molecule has 0 aliphatic carbocycles. The highest BCUT2D eigenvalue weighted by atomic mass is 16.2. The van der Waals surface area contributed by atoms with E-state index >= 15 is 0 Å². The van der Waals surface area contributed by atoms with Gasteiger partial charge in [-0.2, -0.15) is 0 Å². The Balaban J connectivity index is 2.40. The summed E-state index contributed by atoms with van der Waals surface area (Å²) in [6.45, 7) is 0.562. The summed E-state index contributed by atoms with van der Waals surface area (Å²) in [5.74, 6) is 0. The molecule has 16 heavy (non-hydrogen) atoms. The van der Waals surface area contributed by atoms with Crippen LogP contribution in [0.1, 0.15) is 5.56 Å². The SMILES string of the molecule is CN1Cc2cc(NC=O)ccc2N(C)C1=O. The largest absolute Gasteiger partial charge is 0.329 e. The second kappa shape index (κ2) is 3.84. The van der Waals surface area contributed by atoms with Gasteiger partial charge in [0.05, 0.1) is 5.69 Å². The van der Waals surface area contributed by atoms with Crippen LogP contribution in [0.25, 0.3) is 0 Å². The molecular formula is C11H13N3O2. The van der Waals surface area contributed by atoms with E-state index in [0.717, 1.165) is 16.9 Å². The number of hydrogen-bond acceptors (Lipinski definition) is 2. The maximum absolute atomic E-state index is 11.7. The molecule has 0 saturated carbocycles. The van der Waals surface area contributed by atoms with Crippen molar-refractivity contribution in [1.29, 1.82) is 0 Å². The van der Waals surface area contributed by atoms with Gasteiger partial charge < -0.3 is 10.2 Å². The number of carbonyl (C=O) groups excluding carboxylic acids is 2. The van der Waals surface area contributed by atoms with Crippen LogP contribution in [-0.2, 0) is 11.3 Å². The van der Waals surface area contributed by atoms with Crippen molar-refractivity contribution in [3.05, 3.63) is 23.8 Å². The van der Waals surface area contributed by atoms with Gasteiger partial charge in [0.1, 0.15) is 0 Å². The Morgan fingerprint density at radius 2 is 2.12 bits per heavy atom. The monoisotopic (exact) mass is 219 g/mol. The molecule has 0 bridgehead atoms. The summed E-state index contributed by atoms with van der Waals surface area (Å²) in [6.07, 6.45) is 0.642. The lowest BCUT2D eigenvalue weighted by Crippen LogP contribution is -2.42. The van der Waals surface area contributed by atoms with E-state index in [1.54, 1.807) is 30.0 Å². The quantitative estimate of drug-likeness (QED) is 0.761. The van der Waals surface area contributed by atoms with E-state index in [2.05, 4.69) is 5.32 Å². The van der Waals surface area contributed by atoms with E-state index in [0.29, 0.717) is 13.0 Å². The number of nitrogens with one attached hydrogen (secondary N) is 1. The molecule has 5 heteroatoms. The van der Waals surface area contributed by atoms with Crippen molar-refractivity contribution in [3.8, 4) is 0 Å². The number of anilines is 2. The zero-order chi connectivity index (χ0) is 11.7. The summed E-state index contributed by atoms with van der Waals surface area (Å²) in [4.78, 5) is 25.2. The Kier molecular flexibility index (Phi) is 2.52. The number of amides is 3. The topological polar surface area (TPSA) is 52.7 Å². The molecule has 1 aliphatic heterocycles. The average Bonchev–Trinajstić information content (AvgIpc) is 2.26. The molecule has 0 spiro atoms. The molecule has 3 amide bonds. The number of urea groups is 1. The number of nitrogens with zero attached hydrogens (tertiary/aromatic N) is 2. The van der Waals surface area contributed by atoms with Gasteiger partial charge in [0, 0.05) is 26.3 Å². The van der Waals surface area contributed by atoms with E-state index in [1.807, 2.05) is 12.1 Å². The van der Waals surface area contributed by atoms with Crippen molar-refractivity contribution in [1.82, 2.24) is 4.90 Å². The van der Waals surface area contributed by atoms with Crippen LogP contribution < -0.4 is 10.2 Å². The first-order valence-electron chi connectivity index (χ1n) is 4.95. The second-order valence-corrected chi connectivity index (χ2v) is 3.80.